The van der Waals surface area contributed by atoms with E-state index < -0.39 is 0 Å². The fourth-order valence-corrected chi connectivity index (χ4v) is 0.760. The van der Waals surface area contributed by atoms with Crippen LogP contribution < -0.4 is 29.1 Å². The minimum absolute atomic E-state index is 0. The fraction of sp³-hybridized carbons (Fsp3) is 0. The van der Waals surface area contributed by atoms with Crippen LogP contribution in [0, 0.1) is 0 Å². The first-order chi connectivity index (χ1) is 2.89. The summed E-state index contributed by atoms with van der Waals surface area (Å²) in [6.07, 6.45) is 1.92. The third-order valence-electron chi connectivity index (χ3n) is 0.552. The molecule has 0 fully saturated rings. The molecule has 8 heavy (non-hydrogen) atoms. The van der Waals surface area contributed by atoms with Crippen molar-refractivity contribution >= 4 is 4.25 Å². The minimum atomic E-state index is 0. The average Bonchev–Trinajstić information content (AvgIpc) is 1.86. The van der Waals surface area contributed by atoms with Gasteiger partial charge >= 0.3 is 46.2 Å². The topological polar surface area (TPSA) is 15.8 Å². The molecule has 1 heterocycles. The normalized spacial score (nSPS) is 6.50. The summed E-state index contributed by atoms with van der Waals surface area (Å²) in [6, 6.07) is 4.03. The van der Waals surface area contributed by atoms with Gasteiger partial charge in [0.25, 0.3) is 0 Å². The number of rotatable bonds is 0. The van der Waals surface area contributed by atoms with Crippen LogP contribution in [0.3, 0.4) is 0 Å². The van der Waals surface area contributed by atoms with Crippen LogP contribution in [0.5, 0.6) is 0 Å². The molecule has 47 valence electrons. The van der Waals surface area contributed by atoms with Crippen LogP contribution >= 0.6 is 0 Å². The van der Waals surface area contributed by atoms with Crippen LogP contribution in [-0.2, 0) is 18.6 Å². The second kappa shape index (κ2) is 5.63. The number of aromatic nitrogens is 1. The molecule has 1 aromatic heterocycles. The van der Waals surface area contributed by atoms with Crippen LogP contribution in [-0.4, -0.2) is 4.98 Å². The number of halogens is 2. The predicted octanol–water partition coefficient (Wildman–Crippen LogP) is -5.81. The molecule has 1 aromatic rings. The van der Waals surface area contributed by atoms with Gasteiger partial charge in [0, 0.05) is 0 Å². The number of nitrogens with one attached hydrogen (secondary N) is 1. The Kier molecular flexibility index (Phi) is 7.96. The molecule has 0 atom stereocenters. The molecule has 0 bridgehead atoms. The Bertz CT molecular complexity index is 118. The Morgan fingerprint density at radius 1 is 1.38 bits per heavy atom. The van der Waals surface area contributed by atoms with E-state index in [1.807, 2.05) is 36.9 Å². The van der Waals surface area contributed by atoms with E-state index in [0.29, 0.717) is 0 Å². The van der Waals surface area contributed by atoms with Crippen molar-refractivity contribution in [2.75, 3.05) is 0 Å². The van der Waals surface area contributed by atoms with Crippen molar-refractivity contribution < 1.29 is 43.4 Å². The monoisotopic (exact) mass is 328 g/mol. The molecular formula is C4H4Cl2NOs. The second-order valence-corrected chi connectivity index (χ2v) is 2.37. The van der Waals surface area contributed by atoms with Crippen LogP contribution in [0.25, 0.3) is 0 Å². The van der Waals surface area contributed by atoms with Crippen LogP contribution in [0.1, 0.15) is 0 Å². The summed E-state index contributed by atoms with van der Waals surface area (Å²) in [7, 11) is 0. The van der Waals surface area contributed by atoms with Gasteiger partial charge in [0.1, 0.15) is 0 Å². The molecule has 1 nitrogen and oxygen atoms in total. The van der Waals surface area contributed by atoms with E-state index in [0.717, 1.165) is 0 Å². The zero-order chi connectivity index (χ0) is 4.41. The summed E-state index contributed by atoms with van der Waals surface area (Å²) in [5.74, 6) is 0. The third kappa shape index (κ3) is 3.49. The Balaban J connectivity index is 0. The predicted molar refractivity (Wildman–Crippen MR) is 20.4 cm³/mol. The van der Waals surface area contributed by atoms with Gasteiger partial charge in [-0.05, 0) is 0 Å². The zero-order valence-corrected chi connectivity index (χ0v) is 7.89. The van der Waals surface area contributed by atoms with Crippen LogP contribution in [0.2, 0.25) is 0 Å². The van der Waals surface area contributed by atoms with Gasteiger partial charge in [0.05, 0.1) is 0 Å². The number of H-pyrrole nitrogens is 1. The SMILES string of the molecule is [Cl-].[Cl-].[Os+2][c]1ccc[nH]1. The van der Waals surface area contributed by atoms with E-state index in [4.69, 9.17) is 0 Å². The Labute approximate surface area is 71.0 Å². The van der Waals surface area contributed by atoms with Crippen molar-refractivity contribution in [3.63, 3.8) is 0 Å². The van der Waals surface area contributed by atoms with Crippen molar-refractivity contribution in [3.05, 3.63) is 18.3 Å². The van der Waals surface area contributed by atoms with Crippen LogP contribution in [0.4, 0.5) is 0 Å². The van der Waals surface area contributed by atoms with E-state index in [2.05, 4.69) is 4.98 Å². The van der Waals surface area contributed by atoms with Crippen LogP contribution in [0.15, 0.2) is 18.3 Å². The van der Waals surface area contributed by atoms with Crippen molar-refractivity contribution in [2.45, 2.75) is 0 Å². The summed E-state index contributed by atoms with van der Waals surface area (Å²) >= 11 is 1.85. The Hall–Kier alpha value is 0.496. The van der Waals surface area contributed by atoms with Crippen molar-refractivity contribution in [3.8, 4) is 0 Å². The maximum absolute atomic E-state index is 3.01. The first kappa shape index (κ1) is 11.3. The standard InChI is InChI=1S/C4H4N.2ClH.Os/c1-2-4-5-3-1;;;/h1-3,5H;2*1H;/q;;;+2/p-2. The van der Waals surface area contributed by atoms with E-state index in [1.165, 1.54) is 4.25 Å². The van der Waals surface area contributed by atoms with E-state index >= 15 is 0 Å². The molecule has 0 saturated heterocycles. The van der Waals surface area contributed by atoms with Crippen molar-refractivity contribution in [1.82, 2.24) is 4.98 Å². The molecule has 0 saturated carbocycles. The molecule has 0 spiro atoms. The molecule has 0 aliphatic rings. The van der Waals surface area contributed by atoms with Gasteiger partial charge in [-0.25, -0.2) is 0 Å². The number of hydrogen-bond acceptors (Lipinski definition) is 0. The number of hydrogen-bond donors (Lipinski definition) is 1. The molecule has 0 aliphatic heterocycles. The first-order valence-corrected chi connectivity index (χ1v) is 2.94. The number of aromatic amines is 1. The summed E-state index contributed by atoms with van der Waals surface area (Å²) in [5.41, 5.74) is 0. The van der Waals surface area contributed by atoms with E-state index in [-0.39, 0.29) is 24.8 Å². The van der Waals surface area contributed by atoms with Gasteiger partial charge in [-0.3, -0.25) is 0 Å². The molecule has 0 unspecified atom stereocenters. The fourth-order valence-electron chi connectivity index (χ4n) is 0.304. The van der Waals surface area contributed by atoms with Gasteiger partial charge in [-0.15, -0.1) is 0 Å². The first-order valence-electron chi connectivity index (χ1n) is 1.67. The van der Waals surface area contributed by atoms with E-state index in [1.54, 1.807) is 0 Å². The van der Waals surface area contributed by atoms with Gasteiger partial charge in [-0.1, -0.05) is 0 Å². The molecule has 4 heteroatoms. The third-order valence-corrected chi connectivity index (χ3v) is 1.34. The van der Waals surface area contributed by atoms with Gasteiger partial charge in [0.15, 0.2) is 0 Å². The second-order valence-electron chi connectivity index (χ2n) is 1.00. The molecule has 0 aromatic carbocycles. The van der Waals surface area contributed by atoms with Gasteiger partial charge < -0.3 is 24.8 Å². The summed E-state index contributed by atoms with van der Waals surface area (Å²) in [5, 5.41) is 0. The molecule has 0 radical (unpaired) electrons. The van der Waals surface area contributed by atoms with Crippen molar-refractivity contribution in [2.24, 2.45) is 0 Å². The Morgan fingerprint density at radius 3 is 2.12 bits per heavy atom. The molecule has 1 N–H and O–H groups in total. The maximum atomic E-state index is 3.01. The van der Waals surface area contributed by atoms with Gasteiger partial charge in [0.2, 0.25) is 0 Å². The molecule has 0 amide bonds. The summed E-state index contributed by atoms with van der Waals surface area (Å²) in [4.78, 5) is 3.01. The summed E-state index contributed by atoms with van der Waals surface area (Å²) in [6.45, 7) is 0. The average molecular weight is 327 g/mol. The summed E-state index contributed by atoms with van der Waals surface area (Å²) < 4.78 is 1.25. The zero-order valence-electron chi connectivity index (χ0n) is 3.84. The van der Waals surface area contributed by atoms with Crippen molar-refractivity contribution in [1.29, 1.82) is 0 Å². The van der Waals surface area contributed by atoms with E-state index in [9.17, 15) is 0 Å². The molecular weight excluding hydrogens is 323 g/mol. The quantitative estimate of drug-likeness (QED) is 0.489. The van der Waals surface area contributed by atoms with Gasteiger partial charge in [-0.2, -0.15) is 0 Å². The molecule has 1 rings (SSSR count). The Morgan fingerprint density at radius 2 is 2.00 bits per heavy atom. The molecule has 0 aliphatic carbocycles.